The zero-order chi connectivity index (χ0) is 15.4. The standard InChI is InChI=1S/C12H12ClN5O3/c1-7-10(18(19)20)11(16-12(15-7)17-14)21-6-8-2-4-9(13)5-3-8/h2-5H,6,14H2,1H3,(H,15,16,17). The predicted molar refractivity (Wildman–Crippen MR) is 77.0 cm³/mol. The van der Waals surface area contributed by atoms with Crippen LogP contribution in [0.2, 0.25) is 5.02 Å². The van der Waals surface area contributed by atoms with E-state index >= 15 is 0 Å². The van der Waals surface area contributed by atoms with Crippen LogP contribution in [-0.2, 0) is 6.61 Å². The van der Waals surface area contributed by atoms with Gasteiger partial charge in [-0.05, 0) is 24.6 Å². The molecule has 0 unspecified atom stereocenters. The van der Waals surface area contributed by atoms with Gasteiger partial charge in [0.2, 0.25) is 5.95 Å². The molecule has 0 saturated carbocycles. The third-order valence-electron chi connectivity index (χ3n) is 2.63. The Kier molecular flexibility index (Phi) is 4.51. The van der Waals surface area contributed by atoms with Crippen LogP contribution in [0.1, 0.15) is 11.3 Å². The highest BCUT2D eigenvalue weighted by Crippen LogP contribution is 2.29. The van der Waals surface area contributed by atoms with E-state index in [1.165, 1.54) is 6.92 Å². The molecule has 0 amide bonds. The van der Waals surface area contributed by atoms with E-state index in [1.54, 1.807) is 24.3 Å². The molecule has 3 N–H and O–H groups in total. The molecular formula is C12H12ClN5O3. The van der Waals surface area contributed by atoms with E-state index in [2.05, 4.69) is 15.4 Å². The van der Waals surface area contributed by atoms with Gasteiger partial charge < -0.3 is 4.74 Å². The van der Waals surface area contributed by atoms with Crippen molar-refractivity contribution in [2.45, 2.75) is 13.5 Å². The normalized spacial score (nSPS) is 10.2. The van der Waals surface area contributed by atoms with E-state index in [9.17, 15) is 10.1 Å². The number of nitrogen functional groups attached to an aromatic ring is 1. The first-order valence-corrected chi connectivity index (χ1v) is 6.26. The lowest BCUT2D eigenvalue weighted by Gasteiger charge is -2.08. The molecule has 2 rings (SSSR count). The van der Waals surface area contributed by atoms with Crippen LogP contribution >= 0.6 is 11.6 Å². The molecule has 1 aromatic heterocycles. The van der Waals surface area contributed by atoms with Crippen molar-refractivity contribution in [3.8, 4) is 5.88 Å². The van der Waals surface area contributed by atoms with Crippen molar-refractivity contribution < 1.29 is 9.66 Å². The summed E-state index contributed by atoms with van der Waals surface area (Å²) in [5.41, 5.74) is 2.91. The number of halogens is 1. The maximum absolute atomic E-state index is 11.1. The van der Waals surface area contributed by atoms with Gasteiger partial charge in [-0.3, -0.25) is 15.5 Å². The molecule has 8 nitrogen and oxygen atoms in total. The Morgan fingerprint density at radius 1 is 1.38 bits per heavy atom. The maximum Gasteiger partial charge on any atom is 0.352 e. The Balaban J connectivity index is 2.27. The van der Waals surface area contributed by atoms with Crippen LogP contribution in [0.15, 0.2) is 24.3 Å². The van der Waals surface area contributed by atoms with Crippen molar-refractivity contribution in [1.82, 2.24) is 9.97 Å². The summed E-state index contributed by atoms with van der Waals surface area (Å²) in [7, 11) is 0. The fourth-order valence-electron chi connectivity index (χ4n) is 1.65. The van der Waals surface area contributed by atoms with Gasteiger partial charge in [0, 0.05) is 5.02 Å². The first-order valence-electron chi connectivity index (χ1n) is 5.88. The topological polar surface area (TPSA) is 116 Å². The summed E-state index contributed by atoms with van der Waals surface area (Å²) < 4.78 is 5.42. The number of hydrazine groups is 1. The lowest BCUT2D eigenvalue weighted by Crippen LogP contribution is -2.13. The number of aromatic nitrogens is 2. The number of hydrogen-bond acceptors (Lipinski definition) is 7. The molecule has 0 spiro atoms. The first kappa shape index (κ1) is 14.9. The summed E-state index contributed by atoms with van der Waals surface area (Å²) in [6.07, 6.45) is 0. The Morgan fingerprint density at radius 2 is 2.05 bits per heavy atom. The average Bonchev–Trinajstić information content (AvgIpc) is 2.45. The number of hydrogen-bond donors (Lipinski definition) is 2. The van der Waals surface area contributed by atoms with E-state index in [4.69, 9.17) is 22.2 Å². The number of nitro groups is 1. The monoisotopic (exact) mass is 309 g/mol. The number of aryl methyl sites for hydroxylation is 1. The summed E-state index contributed by atoms with van der Waals surface area (Å²) >= 11 is 5.78. The van der Waals surface area contributed by atoms with Crippen molar-refractivity contribution in [2.24, 2.45) is 5.84 Å². The smallest absolute Gasteiger partial charge is 0.352 e. The minimum atomic E-state index is -0.590. The van der Waals surface area contributed by atoms with Crippen LogP contribution in [-0.4, -0.2) is 14.9 Å². The molecule has 2 aromatic rings. The van der Waals surface area contributed by atoms with Crippen LogP contribution in [0.4, 0.5) is 11.6 Å². The summed E-state index contributed by atoms with van der Waals surface area (Å²) in [6, 6.07) is 6.91. The van der Waals surface area contributed by atoms with Crippen LogP contribution in [0.25, 0.3) is 0 Å². The molecule has 0 fully saturated rings. The molecule has 9 heteroatoms. The number of anilines is 1. The number of nitrogens with zero attached hydrogens (tertiary/aromatic N) is 3. The third-order valence-corrected chi connectivity index (χ3v) is 2.88. The Hall–Kier alpha value is -2.45. The molecular weight excluding hydrogens is 298 g/mol. The summed E-state index contributed by atoms with van der Waals surface area (Å²) in [6.45, 7) is 1.59. The Bertz CT molecular complexity index is 663. The minimum Gasteiger partial charge on any atom is -0.468 e. The van der Waals surface area contributed by atoms with Gasteiger partial charge in [-0.25, -0.2) is 10.8 Å². The molecule has 0 aliphatic rings. The highest BCUT2D eigenvalue weighted by molar-refractivity contribution is 6.30. The van der Waals surface area contributed by atoms with Gasteiger partial charge >= 0.3 is 5.69 Å². The van der Waals surface area contributed by atoms with E-state index < -0.39 is 4.92 Å². The lowest BCUT2D eigenvalue weighted by molar-refractivity contribution is -0.387. The van der Waals surface area contributed by atoms with Crippen molar-refractivity contribution in [1.29, 1.82) is 0 Å². The fraction of sp³-hybridized carbons (Fsp3) is 0.167. The average molecular weight is 310 g/mol. The second-order valence-electron chi connectivity index (χ2n) is 4.10. The molecule has 0 radical (unpaired) electrons. The van der Waals surface area contributed by atoms with Crippen LogP contribution < -0.4 is 16.0 Å². The molecule has 0 aliphatic heterocycles. The minimum absolute atomic E-state index is 0.0456. The molecule has 0 atom stereocenters. The van der Waals surface area contributed by atoms with Crippen molar-refractivity contribution >= 4 is 23.2 Å². The molecule has 110 valence electrons. The zero-order valence-electron chi connectivity index (χ0n) is 11.0. The van der Waals surface area contributed by atoms with E-state index in [1.807, 2.05) is 0 Å². The number of nitrogens with one attached hydrogen (secondary N) is 1. The van der Waals surface area contributed by atoms with E-state index in [0.717, 1.165) is 5.56 Å². The number of nitrogens with two attached hydrogens (primary N) is 1. The SMILES string of the molecule is Cc1nc(NN)nc(OCc2ccc(Cl)cc2)c1[N+](=O)[O-]. The van der Waals surface area contributed by atoms with Gasteiger partial charge in [0.25, 0.3) is 5.88 Å². The van der Waals surface area contributed by atoms with Gasteiger partial charge in [-0.15, -0.1) is 0 Å². The second-order valence-corrected chi connectivity index (χ2v) is 4.54. The van der Waals surface area contributed by atoms with Gasteiger partial charge in [0.15, 0.2) is 0 Å². The van der Waals surface area contributed by atoms with Crippen LogP contribution in [0.3, 0.4) is 0 Å². The van der Waals surface area contributed by atoms with Crippen molar-refractivity contribution in [3.63, 3.8) is 0 Å². The zero-order valence-corrected chi connectivity index (χ0v) is 11.8. The van der Waals surface area contributed by atoms with Gasteiger partial charge in [0.1, 0.15) is 12.3 Å². The highest BCUT2D eigenvalue weighted by Gasteiger charge is 2.23. The van der Waals surface area contributed by atoms with Gasteiger partial charge in [-0.1, -0.05) is 23.7 Å². The number of benzene rings is 1. The van der Waals surface area contributed by atoms with Gasteiger partial charge in [-0.2, -0.15) is 4.98 Å². The first-order chi connectivity index (χ1) is 10.0. The number of ether oxygens (including phenoxy) is 1. The largest absolute Gasteiger partial charge is 0.468 e. The molecule has 1 aromatic carbocycles. The predicted octanol–water partition coefficient (Wildman–Crippen LogP) is 2.21. The molecule has 0 aliphatic carbocycles. The maximum atomic E-state index is 11.1. The quantitative estimate of drug-likeness (QED) is 0.494. The van der Waals surface area contributed by atoms with Gasteiger partial charge in [0.05, 0.1) is 4.92 Å². The van der Waals surface area contributed by atoms with Crippen LogP contribution in [0.5, 0.6) is 5.88 Å². The lowest BCUT2D eigenvalue weighted by atomic mass is 10.2. The molecule has 21 heavy (non-hydrogen) atoms. The second kappa shape index (κ2) is 6.33. The van der Waals surface area contributed by atoms with Crippen molar-refractivity contribution in [2.75, 3.05) is 5.43 Å². The molecule has 1 heterocycles. The van der Waals surface area contributed by atoms with Crippen LogP contribution in [0, 0.1) is 17.0 Å². The van der Waals surface area contributed by atoms with E-state index in [0.29, 0.717) is 5.02 Å². The molecule has 0 saturated heterocycles. The third kappa shape index (κ3) is 3.56. The summed E-state index contributed by atoms with van der Waals surface area (Å²) in [5, 5.41) is 11.7. The fourth-order valence-corrected chi connectivity index (χ4v) is 1.77. The number of rotatable bonds is 5. The highest BCUT2D eigenvalue weighted by atomic mass is 35.5. The summed E-state index contributed by atoms with van der Waals surface area (Å²) in [4.78, 5) is 18.2. The Labute approximate surface area is 125 Å². The van der Waals surface area contributed by atoms with E-state index in [-0.39, 0.29) is 29.8 Å². The Morgan fingerprint density at radius 3 is 2.62 bits per heavy atom. The van der Waals surface area contributed by atoms with Crippen molar-refractivity contribution in [3.05, 3.63) is 50.7 Å². The summed E-state index contributed by atoms with van der Waals surface area (Å²) in [5.74, 6) is 5.13. The molecule has 0 bridgehead atoms.